The van der Waals surface area contributed by atoms with Crippen LogP contribution in [0, 0.1) is 0 Å². The number of allylic oxidation sites excluding steroid dienone is 1. The zero-order valence-corrected chi connectivity index (χ0v) is 17.9. The minimum absolute atomic E-state index is 0.000710. The van der Waals surface area contributed by atoms with Crippen LogP contribution in [0.15, 0.2) is 42.1 Å². The SMILES string of the molecule is C=CCn1c(S[C@H](C)C(=O)NC(C)C)nnc1-c1ccc(C(C)(C)C)cc1. The van der Waals surface area contributed by atoms with E-state index in [9.17, 15) is 4.79 Å². The molecule has 0 radical (unpaired) electrons. The van der Waals surface area contributed by atoms with Crippen LogP contribution in [0.4, 0.5) is 0 Å². The molecule has 1 N–H and O–H groups in total. The predicted octanol–water partition coefficient (Wildman–Crippen LogP) is 4.43. The number of carbonyl (C=O) groups is 1. The van der Waals surface area contributed by atoms with Crippen molar-refractivity contribution in [2.75, 3.05) is 0 Å². The maximum atomic E-state index is 12.2. The van der Waals surface area contributed by atoms with Gasteiger partial charge in [0.15, 0.2) is 11.0 Å². The van der Waals surface area contributed by atoms with E-state index < -0.39 is 0 Å². The molecular formula is C21H30N4OS. The van der Waals surface area contributed by atoms with Crippen molar-refractivity contribution in [2.45, 2.75) is 70.0 Å². The topological polar surface area (TPSA) is 59.8 Å². The van der Waals surface area contributed by atoms with Crippen LogP contribution in [0.1, 0.15) is 47.1 Å². The molecule has 2 rings (SSSR count). The minimum Gasteiger partial charge on any atom is -0.353 e. The highest BCUT2D eigenvalue weighted by atomic mass is 32.2. The molecule has 27 heavy (non-hydrogen) atoms. The van der Waals surface area contributed by atoms with Crippen molar-refractivity contribution in [2.24, 2.45) is 0 Å². The van der Waals surface area contributed by atoms with Crippen molar-refractivity contribution in [3.8, 4) is 11.4 Å². The first-order valence-electron chi connectivity index (χ1n) is 9.25. The maximum Gasteiger partial charge on any atom is 0.233 e. The number of hydrogen-bond donors (Lipinski definition) is 1. The Morgan fingerprint density at radius 1 is 1.22 bits per heavy atom. The molecule has 5 nitrogen and oxygen atoms in total. The zero-order chi connectivity index (χ0) is 20.2. The molecule has 1 heterocycles. The molecule has 1 aromatic carbocycles. The summed E-state index contributed by atoms with van der Waals surface area (Å²) >= 11 is 1.41. The molecule has 0 spiro atoms. The summed E-state index contributed by atoms with van der Waals surface area (Å²) in [6, 6.07) is 8.53. The van der Waals surface area contributed by atoms with E-state index in [-0.39, 0.29) is 22.6 Å². The van der Waals surface area contributed by atoms with Gasteiger partial charge in [0.05, 0.1) is 5.25 Å². The molecule has 1 amide bonds. The Hall–Kier alpha value is -2.08. The van der Waals surface area contributed by atoms with Crippen molar-refractivity contribution in [1.29, 1.82) is 0 Å². The van der Waals surface area contributed by atoms with Crippen LogP contribution in [0.3, 0.4) is 0 Å². The number of aromatic nitrogens is 3. The third-order valence-corrected chi connectivity index (χ3v) is 5.20. The Kier molecular flexibility index (Phi) is 6.87. The van der Waals surface area contributed by atoms with Crippen LogP contribution in [0.2, 0.25) is 0 Å². The average Bonchev–Trinajstić information content (AvgIpc) is 2.96. The zero-order valence-electron chi connectivity index (χ0n) is 17.1. The van der Waals surface area contributed by atoms with Crippen LogP contribution < -0.4 is 5.32 Å². The number of rotatable bonds is 7. The van der Waals surface area contributed by atoms with Gasteiger partial charge in [0, 0.05) is 18.2 Å². The molecule has 0 saturated carbocycles. The van der Waals surface area contributed by atoms with Gasteiger partial charge in [-0.15, -0.1) is 16.8 Å². The highest BCUT2D eigenvalue weighted by Crippen LogP contribution is 2.29. The Bertz CT molecular complexity index is 788. The summed E-state index contributed by atoms with van der Waals surface area (Å²) < 4.78 is 2.00. The summed E-state index contributed by atoms with van der Waals surface area (Å²) in [4.78, 5) is 12.2. The molecule has 2 aromatic rings. The normalized spacial score (nSPS) is 12.9. The standard InChI is InChI=1S/C21H30N4OS/c1-8-13-25-18(16-9-11-17(12-10-16)21(5,6)7)23-24-20(25)27-15(4)19(26)22-14(2)3/h8-12,14-15H,1,13H2,2-7H3,(H,22,26)/t15-/m1/s1. The summed E-state index contributed by atoms with van der Waals surface area (Å²) in [5, 5.41) is 12.1. The summed E-state index contributed by atoms with van der Waals surface area (Å²) in [5.41, 5.74) is 2.38. The summed E-state index contributed by atoms with van der Waals surface area (Å²) in [6.07, 6.45) is 1.82. The lowest BCUT2D eigenvalue weighted by molar-refractivity contribution is -0.120. The molecule has 0 aliphatic heterocycles. The lowest BCUT2D eigenvalue weighted by Gasteiger charge is -2.19. The van der Waals surface area contributed by atoms with Crippen LogP contribution >= 0.6 is 11.8 Å². The van der Waals surface area contributed by atoms with Gasteiger partial charge >= 0.3 is 0 Å². The molecule has 0 saturated heterocycles. The molecule has 0 aliphatic carbocycles. The number of thioether (sulfide) groups is 1. The second kappa shape index (κ2) is 8.74. The molecule has 6 heteroatoms. The fourth-order valence-corrected chi connectivity index (χ4v) is 3.48. The molecule has 1 atom stereocenters. The molecule has 0 bridgehead atoms. The van der Waals surface area contributed by atoms with Crippen molar-refractivity contribution in [3.63, 3.8) is 0 Å². The molecule has 146 valence electrons. The van der Waals surface area contributed by atoms with E-state index in [1.165, 1.54) is 17.3 Å². The third kappa shape index (κ3) is 5.45. The fourth-order valence-electron chi connectivity index (χ4n) is 2.62. The summed E-state index contributed by atoms with van der Waals surface area (Å²) in [7, 11) is 0. The predicted molar refractivity (Wildman–Crippen MR) is 113 cm³/mol. The Labute approximate surface area is 166 Å². The van der Waals surface area contributed by atoms with E-state index in [1.807, 2.05) is 31.4 Å². The van der Waals surface area contributed by atoms with Crippen LogP contribution in [0.5, 0.6) is 0 Å². The van der Waals surface area contributed by atoms with E-state index in [0.717, 1.165) is 16.5 Å². The number of nitrogens with one attached hydrogen (secondary N) is 1. The number of benzene rings is 1. The second-order valence-corrected chi connectivity index (χ2v) is 9.26. The van der Waals surface area contributed by atoms with E-state index in [0.29, 0.717) is 6.54 Å². The van der Waals surface area contributed by atoms with Gasteiger partial charge in [0.1, 0.15) is 0 Å². The van der Waals surface area contributed by atoms with Crippen LogP contribution in [-0.2, 0) is 16.8 Å². The Morgan fingerprint density at radius 3 is 2.37 bits per heavy atom. The number of amides is 1. The third-order valence-electron chi connectivity index (χ3n) is 4.12. The highest BCUT2D eigenvalue weighted by molar-refractivity contribution is 8.00. The first-order chi connectivity index (χ1) is 12.6. The van der Waals surface area contributed by atoms with Crippen molar-refractivity contribution >= 4 is 17.7 Å². The second-order valence-electron chi connectivity index (χ2n) is 7.96. The van der Waals surface area contributed by atoms with Gasteiger partial charge in [0.25, 0.3) is 0 Å². The van der Waals surface area contributed by atoms with E-state index in [2.05, 4.69) is 67.1 Å². The van der Waals surface area contributed by atoms with Gasteiger partial charge in [-0.2, -0.15) is 0 Å². The van der Waals surface area contributed by atoms with Gasteiger partial charge in [-0.1, -0.05) is 62.9 Å². The van der Waals surface area contributed by atoms with Crippen molar-refractivity contribution in [1.82, 2.24) is 20.1 Å². The number of carbonyl (C=O) groups excluding carboxylic acids is 1. The molecular weight excluding hydrogens is 356 g/mol. The first kappa shape index (κ1) is 21.2. The minimum atomic E-state index is -0.253. The first-order valence-corrected chi connectivity index (χ1v) is 10.1. The Morgan fingerprint density at radius 2 is 1.85 bits per heavy atom. The maximum absolute atomic E-state index is 12.2. The van der Waals surface area contributed by atoms with Gasteiger partial charge in [-0.05, 0) is 31.7 Å². The highest BCUT2D eigenvalue weighted by Gasteiger charge is 2.21. The van der Waals surface area contributed by atoms with E-state index >= 15 is 0 Å². The molecule has 0 fully saturated rings. The monoisotopic (exact) mass is 386 g/mol. The Balaban J connectivity index is 2.29. The lowest BCUT2D eigenvalue weighted by Crippen LogP contribution is -2.36. The number of nitrogens with zero attached hydrogens (tertiary/aromatic N) is 3. The van der Waals surface area contributed by atoms with E-state index in [1.54, 1.807) is 0 Å². The van der Waals surface area contributed by atoms with Crippen molar-refractivity contribution < 1.29 is 4.79 Å². The van der Waals surface area contributed by atoms with Gasteiger partial charge in [-0.25, -0.2) is 0 Å². The summed E-state index contributed by atoms with van der Waals surface area (Å²) in [5.74, 6) is 0.786. The molecule has 0 aliphatic rings. The molecule has 0 unspecified atom stereocenters. The van der Waals surface area contributed by atoms with Crippen LogP contribution in [0.25, 0.3) is 11.4 Å². The van der Waals surface area contributed by atoms with Gasteiger partial charge in [0.2, 0.25) is 5.91 Å². The quantitative estimate of drug-likeness (QED) is 0.565. The smallest absolute Gasteiger partial charge is 0.233 e. The largest absolute Gasteiger partial charge is 0.353 e. The van der Waals surface area contributed by atoms with E-state index in [4.69, 9.17) is 0 Å². The summed E-state index contributed by atoms with van der Waals surface area (Å²) in [6.45, 7) is 16.8. The number of hydrogen-bond acceptors (Lipinski definition) is 4. The fraction of sp³-hybridized carbons (Fsp3) is 0.476. The van der Waals surface area contributed by atoms with Crippen LogP contribution in [-0.4, -0.2) is 32.0 Å². The van der Waals surface area contributed by atoms with Crippen molar-refractivity contribution in [3.05, 3.63) is 42.5 Å². The molecule has 1 aromatic heterocycles. The van der Waals surface area contributed by atoms with Gasteiger partial charge < -0.3 is 5.32 Å². The average molecular weight is 387 g/mol. The lowest BCUT2D eigenvalue weighted by atomic mass is 9.87. The van der Waals surface area contributed by atoms with Gasteiger partial charge in [-0.3, -0.25) is 9.36 Å².